The van der Waals surface area contributed by atoms with Crippen LogP contribution >= 0.6 is 11.6 Å². The van der Waals surface area contributed by atoms with Crippen molar-refractivity contribution in [2.75, 3.05) is 38.9 Å². The fraction of sp³-hybridized carbons (Fsp3) is 0.364. The molecule has 1 aliphatic rings. The molecule has 0 amide bonds. The molecule has 0 radical (unpaired) electrons. The number of hydrogen-bond acceptors (Lipinski definition) is 4. The molecule has 0 saturated heterocycles. The molecule has 0 aromatic heterocycles. The number of rotatable bonds is 9. The van der Waals surface area contributed by atoms with Crippen molar-refractivity contribution < 1.29 is 9.13 Å². The lowest BCUT2D eigenvalue weighted by Crippen LogP contribution is -2.32. The summed E-state index contributed by atoms with van der Waals surface area (Å²) in [4.78, 5) is 2.30. The summed E-state index contributed by atoms with van der Waals surface area (Å²) in [6.45, 7) is 3.16. The zero-order chi connectivity index (χ0) is 19.9. The van der Waals surface area contributed by atoms with Gasteiger partial charge in [-0.2, -0.15) is 0 Å². The summed E-state index contributed by atoms with van der Waals surface area (Å²) >= 11 is 6.27. The largest absolute Gasteiger partial charge is 0.385 e. The van der Waals surface area contributed by atoms with E-state index in [9.17, 15) is 4.39 Å². The minimum Gasteiger partial charge on any atom is -0.385 e. The molecular formula is C22H27ClFN3O. The van der Waals surface area contributed by atoms with Crippen LogP contribution in [0.3, 0.4) is 0 Å². The van der Waals surface area contributed by atoms with Gasteiger partial charge in [-0.1, -0.05) is 41.9 Å². The standard InChI is InChI=1S/C22H27ClFN3O/c1-26(14-17-7-4-3-5-8-17)15-18-16-27(25-21(18)9-6-12-28-2)22-11-10-19(24)13-20(22)23/h3-5,7-8,10-11,13,25H,6,9,12,14-16H2,1-2H3. The van der Waals surface area contributed by atoms with E-state index in [0.29, 0.717) is 11.6 Å². The molecule has 0 unspecified atom stereocenters. The van der Waals surface area contributed by atoms with E-state index in [-0.39, 0.29) is 5.82 Å². The zero-order valence-corrected chi connectivity index (χ0v) is 17.2. The van der Waals surface area contributed by atoms with Crippen LogP contribution in [-0.4, -0.2) is 38.8 Å². The number of likely N-dealkylation sites (N-methyl/N-ethyl adjacent to an activating group) is 1. The van der Waals surface area contributed by atoms with Gasteiger partial charge in [0.2, 0.25) is 0 Å². The Morgan fingerprint density at radius 2 is 1.96 bits per heavy atom. The normalized spacial score (nSPS) is 14.1. The van der Waals surface area contributed by atoms with Gasteiger partial charge >= 0.3 is 0 Å². The summed E-state index contributed by atoms with van der Waals surface area (Å²) in [5.41, 5.74) is 8.05. The Hall–Kier alpha value is -2.08. The van der Waals surface area contributed by atoms with Gasteiger partial charge in [0.05, 0.1) is 17.3 Å². The molecule has 3 rings (SSSR count). The predicted molar refractivity (Wildman–Crippen MR) is 113 cm³/mol. The highest BCUT2D eigenvalue weighted by Crippen LogP contribution is 2.30. The van der Waals surface area contributed by atoms with Gasteiger partial charge in [-0.05, 0) is 49.2 Å². The van der Waals surface area contributed by atoms with Crippen LogP contribution in [0.25, 0.3) is 0 Å². The van der Waals surface area contributed by atoms with Crippen LogP contribution < -0.4 is 10.4 Å². The molecule has 4 nitrogen and oxygen atoms in total. The average Bonchev–Trinajstić information content (AvgIpc) is 3.05. The van der Waals surface area contributed by atoms with Crippen molar-refractivity contribution in [2.45, 2.75) is 19.4 Å². The van der Waals surface area contributed by atoms with Gasteiger partial charge < -0.3 is 10.2 Å². The average molecular weight is 404 g/mol. The SMILES string of the molecule is COCCCC1=C(CN(C)Cc2ccccc2)CN(c2ccc(F)cc2Cl)N1. The van der Waals surface area contributed by atoms with Crippen molar-refractivity contribution in [1.82, 2.24) is 10.3 Å². The van der Waals surface area contributed by atoms with Crippen molar-refractivity contribution in [3.05, 3.63) is 76.2 Å². The van der Waals surface area contributed by atoms with E-state index in [1.807, 2.05) is 11.1 Å². The fourth-order valence-electron chi connectivity index (χ4n) is 3.46. The van der Waals surface area contributed by atoms with E-state index >= 15 is 0 Å². The van der Waals surface area contributed by atoms with Crippen molar-refractivity contribution in [2.24, 2.45) is 0 Å². The first-order chi connectivity index (χ1) is 13.6. The Bertz CT molecular complexity index is 813. The van der Waals surface area contributed by atoms with E-state index in [0.717, 1.165) is 38.2 Å². The molecule has 1 N–H and O–H groups in total. The zero-order valence-electron chi connectivity index (χ0n) is 16.4. The molecule has 0 spiro atoms. The van der Waals surface area contributed by atoms with Gasteiger partial charge in [0.1, 0.15) is 5.82 Å². The molecule has 2 aromatic rings. The third-order valence-electron chi connectivity index (χ3n) is 4.78. The monoisotopic (exact) mass is 403 g/mol. The number of allylic oxidation sites excluding steroid dienone is 1. The van der Waals surface area contributed by atoms with Crippen molar-refractivity contribution in [3.8, 4) is 0 Å². The number of hydrogen-bond donors (Lipinski definition) is 1. The molecule has 28 heavy (non-hydrogen) atoms. The lowest BCUT2D eigenvalue weighted by atomic mass is 10.1. The Balaban J connectivity index is 1.71. The maximum Gasteiger partial charge on any atom is 0.124 e. The predicted octanol–water partition coefficient (Wildman–Crippen LogP) is 4.62. The second-order valence-electron chi connectivity index (χ2n) is 7.13. The number of benzene rings is 2. The van der Waals surface area contributed by atoms with Crippen LogP contribution in [0.5, 0.6) is 0 Å². The van der Waals surface area contributed by atoms with Crippen LogP contribution in [-0.2, 0) is 11.3 Å². The molecular weight excluding hydrogens is 377 g/mol. The van der Waals surface area contributed by atoms with E-state index in [1.165, 1.54) is 29.0 Å². The number of methoxy groups -OCH3 is 1. The van der Waals surface area contributed by atoms with Crippen LogP contribution in [0, 0.1) is 5.82 Å². The second-order valence-corrected chi connectivity index (χ2v) is 7.54. The van der Waals surface area contributed by atoms with Gasteiger partial charge in [-0.3, -0.25) is 9.91 Å². The Morgan fingerprint density at radius 1 is 1.18 bits per heavy atom. The van der Waals surface area contributed by atoms with Crippen molar-refractivity contribution >= 4 is 17.3 Å². The van der Waals surface area contributed by atoms with E-state index in [2.05, 4.69) is 41.6 Å². The highest BCUT2D eigenvalue weighted by Gasteiger charge is 2.24. The van der Waals surface area contributed by atoms with E-state index in [4.69, 9.17) is 16.3 Å². The number of halogens is 2. The molecule has 150 valence electrons. The maximum atomic E-state index is 13.4. The molecule has 1 heterocycles. The summed E-state index contributed by atoms with van der Waals surface area (Å²) in [6.07, 6.45) is 1.84. The molecule has 2 aromatic carbocycles. The van der Waals surface area contributed by atoms with Crippen LogP contribution in [0.4, 0.5) is 10.1 Å². The number of nitrogens with zero attached hydrogens (tertiary/aromatic N) is 2. The lowest BCUT2D eigenvalue weighted by Gasteiger charge is -2.22. The first kappa shape index (κ1) is 20.6. The summed E-state index contributed by atoms with van der Waals surface area (Å²) in [5, 5.41) is 2.40. The van der Waals surface area contributed by atoms with Gasteiger partial charge in [-0.25, -0.2) is 4.39 Å². The number of nitrogens with one attached hydrogen (secondary N) is 1. The fourth-order valence-corrected chi connectivity index (χ4v) is 3.73. The molecule has 0 fully saturated rings. The smallest absolute Gasteiger partial charge is 0.124 e. The Morgan fingerprint density at radius 3 is 2.68 bits per heavy atom. The van der Waals surface area contributed by atoms with Gasteiger partial charge in [0, 0.05) is 32.5 Å². The minimum absolute atomic E-state index is 0.330. The van der Waals surface area contributed by atoms with E-state index in [1.54, 1.807) is 13.2 Å². The van der Waals surface area contributed by atoms with Crippen LogP contribution in [0.2, 0.25) is 5.02 Å². The summed E-state index contributed by atoms with van der Waals surface area (Å²) in [7, 11) is 3.84. The molecule has 0 bridgehead atoms. The highest BCUT2D eigenvalue weighted by atomic mass is 35.5. The summed E-state index contributed by atoms with van der Waals surface area (Å²) in [6, 6.07) is 14.9. The summed E-state index contributed by atoms with van der Waals surface area (Å²) in [5.74, 6) is -0.330. The number of hydrazine groups is 1. The second kappa shape index (κ2) is 9.92. The highest BCUT2D eigenvalue weighted by molar-refractivity contribution is 6.33. The van der Waals surface area contributed by atoms with Crippen LogP contribution in [0.1, 0.15) is 18.4 Å². The lowest BCUT2D eigenvalue weighted by molar-refractivity contribution is 0.194. The van der Waals surface area contributed by atoms with Crippen molar-refractivity contribution in [1.29, 1.82) is 0 Å². The van der Waals surface area contributed by atoms with Gasteiger partial charge in [-0.15, -0.1) is 0 Å². The maximum absolute atomic E-state index is 13.4. The third kappa shape index (κ3) is 5.47. The Kier molecular flexibility index (Phi) is 7.31. The van der Waals surface area contributed by atoms with Gasteiger partial charge in [0.15, 0.2) is 0 Å². The number of ether oxygens (including phenoxy) is 1. The molecule has 6 heteroatoms. The van der Waals surface area contributed by atoms with Gasteiger partial charge in [0.25, 0.3) is 0 Å². The van der Waals surface area contributed by atoms with E-state index < -0.39 is 0 Å². The third-order valence-corrected chi connectivity index (χ3v) is 5.08. The minimum atomic E-state index is -0.330. The van der Waals surface area contributed by atoms with Crippen molar-refractivity contribution in [3.63, 3.8) is 0 Å². The molecule has 1 aliphatic heterocycles. The Labute approximate surface area is 171 Å². The van der Waals surface area contributed by atoms with Crippen LogP contribution in [0.15, 0.2) is 59.8 Å². The molecule has 0 saturated carbocycles. The number of anilines is 1. The molecule has 0 aliphatic carbocycles. The quantitative estimate of drug-likeness (QED) is 0.618. The first-order valence-corrected chi connectivity index (χ1v) is 9.86. The summed E-state index contributed by atoms with van der Waals surface area (Å²) < 4.78 is 18.6. The topological polar surface area (TPSA) is 27.7 Å². The molecule has 0 atom stereocenters. The first-order valence-electron chi connectivity index (χ1n) is 9.48.